The monoisotopic (exact) mass is 248 g/mol. The van der Waals surface area contributed by atoms with E-state index in [1.165, 1.54) is 5.56 Å². The Hall–Kier alpha value is -1.35. The lowest BCUT2D eigenvalue weighted by molar-refractivity contribution is -0.134. The number of benzene rings is 1. The van der Waals surface area contributed by atoms with Gasteiger partial charge in [-0.1, -0.05) is 30.3 Å². The van der Waals surface area contributed by atoms with Crippen LogP contribution in [0.2, 0.25) is 0 Å². The Morgan fingerprint density at radius 3 is 2.39 bits per heavy atom. The van der Waals surface area contributed by atoms with Crippen LogP contribution in [0.15, 0.2) is 30.3 Å². The summed E-state index contributed by atoms with van der Waals surface area (Å²) >= 11 is 0. The maximum atomic E-state index is 12.1. The van der Waals surface area contributed by atoms with Gasteiger partial charge in [0.2, 0.25) is 5.91 Å². The standard InChI is InChI=1S/C15H24N2O/c1-4-17(12(2)3)15(18)14(16)11-10-13-8-6-5-7-9-13/h5-9,12,14H,4,10-11,16H2,1-3H3/t14-/m0/s1. The van der Waals surface area contributed by atoms with E-state index in [0.29, 0.717) is 6.42 Å². The fourth-order valence-corrected chi connectivity index (χ4v) is 2.08. The Labute approximate surface area is 110 Å². The molecule has 0 aromatic heterocycles. The Bertz CT molecular complexity index is 362. The Kier molecular flexibility index (Phi) is 5.86. The van der Waals surface area contributed by atoms with Gasteiger partial charge in [-0.25, -0.2) is 0 Å². The highest BCUT2D eigenvalue weighted by Crippen LogP contribution is 2.07. The predicted octanol–water partition coefficient (Wildman–Crippen LogP) is 2.20. The van der Waals surface area contributed by atoms with Crippen molar-refractivity contribution in [3.05, 3.63) is 35.9 Å². The smallest absolute Gasteiger partial charge is 0.239 e. The molecule has 3 heteroatoms. The average molecular weight is 248 g/mol. The zero-order valence-corrected chi connectivity index (χ0v) is 11.6. The van der Waals surface area contributed by atoms with Gasteiger partial charge in [0.1, 0.15) is 0 Å². The molecule has 0 unspecified atom stereocenters. The van der Waals surface area contributed by atoms with Gasteiger partial charge >= 0.3 is 0 Å². The van der Waals surface area contributed by atoms with Crippen molar-refractivity contribution >= 4 is 5.91 Å². The molecule has 0 aliphatic heterocycles. The molecule has 2 N–H and O–H groups in total. The second-order valence-electron chi connectivity index (χ2n) is 4.85. The van der Waals surface area contributed by atoms with Crippen LogP contribution >= 0.6 is 0 Å². The van der Waals surface area contributed by atoms with Gasteiger partial charge in [0.15, 0.2) is 0 Å². The lowest BCUT2D eigenvalue weighted by Crippen LogP contribution is -2.47. The van der Waals surface area contributed by atoms with E-state index in [1.807, 2.05) is 43.9 Å². The van der Waals surface area contributed by atoms with Crippen LogP contribution < -0.4 is 5.73 Å². The lowest BCUT2D eigenvalue weighted by Gasteiger charge is -2.28. The third-order valence-electron chi connectivity index (χ3n) is 3.15. The lowest BCUT2D eigenvalue weighted by atomic mass is 10.0. The summed E-state index contributed by atoms with van der Waals surface area (Å²) in [6.07, 6.45) is 1.55. The first-order valence-electron chi connectivity index (χ1n) is 6.66. The number of hydrogen-bond donors (Lipinski definition) is 1. The van der Waals surface area contributed by atoms with Crippen LogP contribution in [-0.4, -0.2) is 29.4 Å². The summed E-state index contributed by atoms with van der Waals surface area (Å²) in [6, 6.07) is 9.96. The van der Waals surface area contributed by atoms with Gasteiger partial charge in [-0.3, -0.25) is 4.79 Å². The van der Waals surface area contributed by atoms with Gasteiger partial charge in [0, 0.05) is 12.6 Å². The molecule has 1 rings (SSSR count). The summed E-state index contributed by atoms with van der Waals surface area (Å²) in [5.74, 6) is 0.0587. The van der Waals surface area contributed by atoms with E-state index >= 15 is 0 Å². The minimum atomic E-state index is -0.396. The summed E-state index contributed by atoms with van der Waals surface area (Å²) in [5.41, 5.74) is 7.22. The number of rotatable bonds is 6. The van der Waals surface area contributed by atoms with Crippen LogP contribution in [0.3, 0.4) is 0 Å². The molecule has 1 amide bonds. The maximum absolute atomic E-state index is 12.1. The molecular formula is C15H24N2O. The highest BCUT2D eigenvalue weighted by atomic mass is 16.2. The summed E-state index contributed by atoms with van der Waals surface area (Å²) < 4.78 is 0. The molecule has 0 aliphatic carbocycles. The van der Waals surface area contributed by atoms with Crippen molar-refractivity contribution in [2.45, 2.75) is 45.7 Å². The molecule has 0 saturated carbocycles. The molecule has 0 saturated heterocycles. The highest BCUT2D eigenvalue weighted by Gasteiger charge is 2.21. The third-order valence-corrected chi connectivity index (χ3v) is 3.15. The Morgan fingerprint density at radius 2 is 1.89 bits per heavy atom. The zero-order chi connectivity index (χ0) is 13.5. The maximum Gasteiger partial charge on any atom is 0.239 e. The quantitative estimate of drug-likeness (QED) is 0.839. The van der Waals surface area contributed by atoms with Crippen molar-refractivity contribution in [2.24, 2.45) is 5.73 Å². The number of aryl methyl sites for hydroxylation is 1. The normalized spacial score (nSPS) is 12.5. The highest BCUT2D eigenvalue weighted by molar-refractivity contribution is 5.81. The fourth-order valence-electron chi connectivity index (χ4n) is 2.08. The molecule has 3 nitrogen and oxygen atoms in total. The van der Waals surface area contributed by atoms with Crippen LogP contribution in [0.25, 0.3) is 0 Å². The number of nitrogens with two attached hydrogens (primary N) is 1. The number of likely N-dealkylation sites (N-methyl/N-ethyl adjacent to an activating group) is 1. The SMILES string of the molecule is CCN(C(=O)[C@@H](N)CCc1ccccc1)C(C)C. The van der Waals surface area contributed by atoms with Crippen LogP contribution in [0.1, 0.15) is 32.8 Å². The van der Waals surface area contributed by atoms with Crippen LogP contribution in [-0.2, 0) is 11.2 Å². The van der Waals surface area contributed by atoms with Crippen molar-refractivity contribution in [3.63, 3.8) is 0 Å². The summed E-state index contributed by atoms with van der Waals surface area (Å²) in [6.45, 7) is 6.74. The summed E-state index contributed by atoms with van der Waals surface area (Å²) in [5, 5.41) is 0. The van der Waals surface area contributed by atoms with Crippen LogP contribution in [0, 0.1) is 0 Å². The number of nitrogens with zero attached hydrogens (tertiary/aromatic N) is 1. The van der Waals surface area contributed by atoms with Crippen LogP contribution in [0.4, 0.5) is 0 Å². The van der Waals surface area contributed by atoms with Gasteiger partial charge in [0.05, 0.1) is 6.04 Å². The zero-order valence-electron chi connectivity index (χ0n) is 11.6. The van der Waals surface area contributed by atoms with Crippen LogP contribution in [0.5, 0.6) is 0 Å². The second-order valence-corrected chi connectivity index (χ2v) is 4.85. The number of hydrogen-bond acceptors (Lipinski definition) is 2. The topological polar surface area (TPSA) is 46.3 Å². The van der Waals surface area contributed by atoms with Crippen molar-refractivity contribution in [1.29, 1.82) is 0 Å². The van der Waals surface area contributed by atoms with Crippen molar-refractivity contribution in [3.8, 4) is 0 Å². The molecule has 0 heterocycles. The number of amides is 1. The van der Waals surface area contributed by atoms with Crippen molar-refractivity contribution in [2.75, 3.05) is 6.54 Å². The Morgan fingerprint density at radius 1 is 1.28 bits per heavy atom. The summed E-state index contributed by atoms with van der Waals surface area (Å²) in [7, 11) is 0. The Balaban J connectivity index is 2.50. The molecule has 1 atom stereocenters. The molecule has 18 heavy (non-hydrogen) atoms. The summed E-state index contributed by atoms with van der Waals surface area (Å²) in [4.78, 5) is 14.0. The average Bonchev–Trinajstić information content (AvgIpc) is 2.37. The molecule has 0 fully saturated rings. The third kappa shape index (κ3) is 4.15. The van der Waals surface area contributed by atoms with Gasteiger partial charge in [-0.15, -0.1) is 0 Å². The van der Waals surface area contributed by atoms with Gasteiger partial charge in [-0.2, -0.15) is 0 Å². The molecule has 100 valence electrons. The van der Waals surface area contributed by atoms with Crippen molar-refractivity contribution < 1.29 is 4.79 Å². The number of carbonyl (C=O) groups is 1. The molecular weight excluding hydrogens is 224 g/mol. The number of carbonyl (C=O) groups excluding carboxylic acids is 1. The van der Waals surface area contributed by atoms with E-state index < -0.39 is 6.04 Å². The molecule has 0 aliphatic rings. The second kappa shape index (κ2) is 7.17. The van der Waals surface area contributed by atoms with E-state index in [1.54, 1.807) is 0 Å². The molecule has 0 radical (unpaired) electrons. The minimum absolute atomic E-state index is 0.0587. The largest absolute Gasteiger partial charge is 0.339 e. The molecule has 1 aromatic carbocycles. The first-order valence-corrected chi connectivity index (χ1v) is 6.66. The van der Waals surface area contributed by atoms with E-state index in [0.717, 1.165) is 13.0 Å². The van der Waals surface area contributed by atoms with Gasteiger partial charge < -0.3 is 10.6 Å². The first kappa shape index (κ1) is 14.7. The van der Waals surface area contributed by atoms with Crippen molar-refractivity contribution in [1.82, 2.24) is 4.90 Å². The molecule has 0 spiro atoms. The molecule has 0 bridgehead atoms. The first-order chi connectivity index (χ1) is 8.56. The van der Waals surface area contributed by atoms with E-state index in [4.69, 9.17) is 5.73 Å². The van der Waals surface area contributed by atoms with E-state index in [-0.39, 0.29) is 11.9 Å². The van der Waals surface area contributed by atoms with E-state index in [2.05, 4.69) is 12.1 Å². The molecule has 1 aromatic rings. The fraction of sp³-hybridized carbons (Fsp3) is 0.533. The van der Waals surface area contributed by atoms with Gasteiger partial charge in [0.25, 0.3) is 0 Å². The minimum Gasteiger partial charge on any atom is -0.339 e. The van der Waals surface area contributed by atoms with E-state index in [9.17, 15) is 4.79 Å². The van der Waals surface area contributed by atoms with Gasteiger partial charge in [-0.05, 0) is 39.2 Å². The predicted molar refractivity (Wildman–Crippen MR) is 75.3 cm³/mol.